The summed E-state index contributed by atoms with van der Waals surface area (Å²) in [5.41, 5.74) is 0.382. The molecular formula is C11H9ClN4O3. The number of amides is 1. The van der Waals surface area contributed by atoms with Gasteiger partial charge in [-0.2, -0.15) is 0 Å². The van der Waals surface area contributed by atoms with E-state index in [-0.39, 0.29) is 18.1 Å². The maximum absolute atomic E-state index is 11.7. The Morgan fingerprint density at radius 3 is 2.58 bits per heavy atom. The van der Waals surface area contributed by atoms with Crippen molar-refractivity contribution in [3.8, 4) is 0 Å². The van der Waals surface area contributed by atoms with Crippen LogP contribution in [0.25, 0.3) is 0 Å². The molecule has 2 aromatic rings. The zero-order chi connectivity index (χ0) is 13.8. The minimum Gasteiger partial charge on any atom is -0.476 e. The first-order valence-corrected chi connectivity index (χ1v) is 5.61. The number of carbonyl (C=O) groups excluding carboxylic acids is 1. The van der Waals surface area contributed by atoms with Crippen LogP contribution < -0.4 is 5.32 Å². The van der Waals surface area contributed by atoms with Crippen molar-refractivity contribution in [2.75, 3.05) is 5.32 Å². The van der Waals surface area contributed by atoms with Gasteiger partial charge in [0.2, 0.25) is 5.91 Å². The molecule has 2 N–H and O–H groups in total. The average molecular weight is 281 g/mol. The summed E-state index contributed by atoms with van der Waals surface area (Å²) >= 11 is 5.72. The first-order valence-electron chi connectivity index (χ1n) is 5.23. The van der Waals surface area contributed by atoms with E-state index in [0.29, 0.717) is 10.7 Å². The summed E-state index contributed by atoms with van der Waals surface area (Å²) in [7, 11) is 0. The molecule has 1 aromatic carbocycles. The zero-order valence-corrected chi connectivity index (χ0v) is 10.3. The third kappa shape index (κ3) is 3.52. The molecule has 1 amide bonds. The van der Waals surface area contributed by atoms with Crippen LogP contribution >= 0.6 is 11.6 Å². The number of aromatic nitrogens is 3. The maximum atomic E-state index is 11.7. The Balaban J connectivity index is 1.97. The number of nitrogens with one attached hydrogen (secondary N) is 1. The van der Waals surface area contributed by atoms with Gasteiger partial charge in [0, 0.05) is 10.7 Å². The van der Waals surface area contributed by atoms with Gasteiger partial charge >= 0.3 is 5.97 Å². The van der Waals surface area contributed by atoms with Gasteiger partial charge in [0.1, 0.15) is 6.54 Å². The molecule has 0 unspecified atom stereocenters. The second kappa shape index (κ2) is 5.49. The molecule has 8 heteroatoms. The van der Waals surface area contributed by atoms with Gasteiger partial charge in [-0.25, -0.2) is 9.48 Å². The molecular weight excluding hydrogens is 272 g/mol. The second-order valence-corrected chi connectivity index (χ2v) is 4.10. The van der Waals surface area contributed by atoms with Gasteiger partial charge in [0.15, 0.2) is 5.69 Å². The van der Waals surface area contributed by atoms with Crippen molar-refractivity contribution in [1.82, 2.24) is 15.0 Å². The summed E-state index contributed by atoms with van der Waals surface area (Å²) in [5.74, 6) is -1.53. The van der Waals surface area contributed by atoms with Gasteiger partial charge < -0.3 is 10.4 Å². The van der Waals surface area contributed by atoms with E-state index in [1.807, 2.05) is 0 Å². The van der Waals surface area contributed by atoms with E-state index in [1.165, 1.54) is 6.20 Å². The van der Waals surface area contributed by atoms with Gasteiger partial charge in [0.05, 0.1) is 6.20 Å². The van der Waals surface area contributed by atoms with Crippen molar-refractivity contribution in [3.63, 3.8) is 0 Å². The van der Waals surface area contributed by atoms with Crippen molar-refractivity contribution in [2.24, 2.45) is 0 Å². The fourth-order valence-electron chi connectivity index (χ4n) is 1.35. The number of halogens is 1. The lowest BCUT2D eigenvalue weighted by Gasteiger charge is -2.04. The summed E-state index contributed by atoms with van der Waals surface area (Å²) in [6.45, 7) is -0.122. The normalized spacial score (nSPS) is 10.2. The van der Waals surface area contributed by atoms with Gasteiger partial charge in [0.25, 0.3) is 0 Å². The number of nitrogens with zero attached hydrogens (tertiary/aromatic N) is 3. The van der Waals surface area contributed by atoms with E-state index >= 15 is 0 Å². The Morgan fingerprint density at radius 2 is 2.00 bits per heavy atom. The highest BCUT2D eigenvalue weighted by atomic mass is 35.5. The Kier molecular flexibility index (Phi) is 3.76. The Morgan fingerprint density at radius 1 is 1.32 bits per heavy atom. The van der Waals surface area contributed by atoms with E-state index in [2.05, 4.69) is 15.6 Å². The molecule has 0 saturated carbocycles. The molecule has 0 aliphatic rings. The van der Waals surface area contributed by atoms with Crippen LogP contribution in [0.1, 0.15) is 10.5 Å². The molecule has 0 atom stereocenters. The molecule has 1 aromatic heterocycles. The molecule has 0 aliphatic carbocycles. The standard InChI is InChI=1S/C11H9ClN4O3/c12-7-1-3-8(4-2-7)13-10(17)6-16-5-9(11(18)19)14-15-16/h1-5H,6H2,(H,13,17)(H,18,19). The van der Waals surface area contributed by atoms with Crippen molar-refractivity contribution >= 4 is 29.2 Å². The molecule has 0 spiro atoms. The van der Waals surface area contributed by atoms with Gasteiger partial charge in [-0.3, -0.25) is 4.79 Å². The first kappa shape index (κ1) is 13.0. The summed E-state index contributed by atoms with van der Waals surface area (Å²) in [4.78, 5) is 22.3. The minimum absolute atomic E-state index is 0.122. The smallest absolute Gasteiger partial charge is 0.358 e. The van der Waals surface area contributed by atoms with E-state index in [0.717, 1.165) is 4.68 Å². The minimum atomic E-state index is -1.19. The lowest BCUT2D eigenvalue weighted by Crippen LogP contribution is -2.19. The lowest BCUT2D eigenvalue weighted by molar-refractivity contribution is -0.116. The second-order valence-electron chi connectivity index (χ2n) is 3.66. The molecule has 0 fully saturated rings. The Hall–Kier alpha value is -2.41. The predicted octanol–water partition coefficient (Wildman–Crippen LogP) is 1.27. The number of carbonyl (C=O) groups is 2. The van der Waals surface area contributed by atoms with E-state index in [4.69, 9.17) is 16.7 Å². The largest absolute Gasteiger partial charge is 0.476 e. The van der Waals surface area contributed by atoms with Crippen molar-refractivity contribution in [1.29, 1.82) is 0 Å². The monoisotopic (exact) mass is 280 g/mol. The van der Waals surface area contributed by atoms with Gasteiger partial charge in [-0.05, 0) is 24.3 Å². The van der Waals surface area contributed by atoms with Gasteiger partial charge in [-0.15, -0.1) is 5.10 Å². The number of aromatic carboxylic acids is 1. The van der Waals surface area contributed by atoms with Crippen LogP contribution in [-0.4, -0.2) is 32.0 Å². The maximum Gasteiger partial charge on any atom is 0.358 e. The summed E-state index contributed by atoms with van der Waals surface area (Å²) < 4.78 is 1.15. The lowest BCUT2D eigenvalue weighted by atomic mass is 10.3. The van der Waals surface area contributed by atoms with Crippen LogP contribution in [0.2, 0.25) is 5.02 Å². The number of carboxylic acid groups (broad SMARTS) is 1. The Labute approximate surface area is 112 Å². The third-order valence-electron chi connectivity index (χ3n) is 2.19. The highest BCUT2D eigenvalue weighted by Crippen LogP contribution is 2.13. The zero-order valence-electron chi connectivity index (χ0n) is 9.58. The van der Waals surface area contributed by atoms with Gasteiger partial charge in [-0.1, -0.05) is 16.8 Å². The molecule has 98 valence electrons. The van der Waals surface area contributed by atoms with Crippen molar-refractivity contribution in [2.45, 2.75) is 6.54 Å². The molecule has 0 saturated heterocycles. The van der Waals surface area contributed by atoms with E-state index in [1.54, 1.807) is 24.3 Å². The Bertz CT molecular complexity index is 609. The fraction of sp³-hybridized carbons (Fsp3) is 0.0909. The summed E-state index contributed by atoms with van der Waals surface area (Å²) in [6, 6.07) is 6.61. The molecule has 1 heterocycles. The number of hydrogen-bond acceptors (Lipinski definition) is 4. The number of hydrogen-bond donors (Lipinski definition) is 2. The highest BCUT2D eigenvalue weighted by molar-refractivity contribution is 6.30. The van der Waals surface area contributed by atoms with Crippen molar-refractivity contribution in [3.05, 3.63) is 41.2 Å². The predicted molar refractivity (Wildman–Crippen MR) is 67.1 cm³/mol. The van der Waals surface area contributed by atoms with Crippen molar-refractivity contribution < 1.29 is 14.7 Å². The molecule has 19 heavy (non-hydrogen) atoms. The van der Waals surface area contributed by atoms with Crippen LogP contribution in [0.15, 0.2) is 30.5 Å². The highest BCUT2D eigenvalue weighted by Gasteiger charge is 2.10. The first-order chi connectivity index (χ1) is 9.04. The fourth-order valence-corrected chi connectivity index (χ4v) is 1.48. The van der Waals surface area contributed by atoms with Crippen LogP contribution in [0.5, 0.6) is 0 Å². The molecule has 0 radical (unpaired) electrons. The van der Waals surface area contributed by atoms with Crippen LogP contribution in [0.3, 0.4) is 0 Å². The average Bonchev–Trinajstić information content (AvgIpc) is 2.80. The topological polar surface area (TPSA) is 97.1 Å². The number of rotatable bonds is 4. The van der Waals surface area contributed by atoms with E-state index in [9.17, 15) is 9.59 Å². The summed E-state index contributed by atoms with van der Waals surface area (Å²) in [6.07, 6.45) is 1.18. The number of benzene rings is 1. The molecule has 0 aliphatic heterocycles. The molecule has 7 nitrogen and oxygen atoms in total. The van der Waals surface area contributed by atoms with Crippen LogP contribution in [0.4, 0.5) is 5.69 Å². The quantitative estimate of drug-likeness (QED) is 0.879. The van der Waals surface area contributed by atoms with E-state index < -0.39 is 5.97 Å². The summed E-state index contributed by atoms with van der Waals surface area (Å²) in [5, 5.41) is 18.8. The molecule has 2 rings (SSSR count). The molecule has 0 bridgehead atoms. The van der Waals surface area contributed by atoms with Crippen LogP contribution in [0, 0.1) is 0 Å². The number of anilines is 1. The SMILES string of the molecule is O=C(Cn1cc(C(=O)O)nn1)Nc1ccc(Cl)cc1. The van der Waals surface area contributed by atoms with Crippen LogP contribution in [-0.2, 0) is 11.3 Å². The third-order valence-corrected chi connectivity index (χ3v) is 2.44. The number of carboxylic acids is 1.